The third-order valence-electron chi connectivity index (χ3n) is 3.89. The molecule has 1 atom stereocenters. The Morgan fingerprint density at radius 3 is 2.48 bits per heavy atom. The van der Waals surface area contributed by atoms with Crippen LogP contribution in [0.15, 0.2) is 54.9 Å². The molecular formula is C18H12Cl2N3. The molecule has 113 valence electrons. The minimum Gasteiger partial charge on any atom is -0.275 e. The van der Waals surface area contributed by atoms with Gasteiger partial charge >= 0.3 is 0 Å². The van der Waals surface area contributed by atoms with Gasteiger partial charge in [0.2, 0.25) is 0 Å². The van der Waals surface area contributed by atoms with Crippen LogP contribution >= 0.6 is 23.2 Å². The summed E-state index contributed by atoms with van der Waals surface area (Å²) in [5.74, 6) is 0. The maximum atomic E-state index is 6.08. The van der Waals surface area contributed by atoms with E-state index in [4.69, 9.17) is 28.5 Å². The van der Waals surface area contributed by atoms with Gasteiger partial charge < -0.3 is 0 Å². The van der Waals surface area contributed by atoms with Gasteiger partial charge in [-0.15, -0.1) is 0 Å². The topological polar surface area (TPSA) is 39.9 Å². The van der Waals surface area contributed by atoms with Crippen LogP contribution in [0.4, 0.5) is 5.69 Å². The van der Waals surface area contributed by atoms with Gasteiger partial charge in [0.1, 0.15) is 6.33 Å². The molecule has 0 amide bonds. The number of aromatic nitrogens is 2. The van der Waals surface area contributed by atoms with Crippen molar-refractivity contribution in [1.82, 2.24) is 15.3 Å². The highest BCUT2D eigenvalue weighted by atomic mass is 35.5. The molecule has 0 saturated heterocycles. The molecule has 1 aromatic heterocycles. The molecule has 1 radical (unpaired) electrons. The lowest BCUT2D eigenvalue weighted by molar-refractivity contribution is 0.643. The second-order valence-corrected chi connectivity index (χ2v) is 6.34. The first-order valence-electron chi connectivity index (χ1n) is 7.26. The standard InChI is InChI=1S/C18H12Cl2N3/c19-13-5-12(6-14(20)8-13)16-9-17(22-10-21-16)18-7-11-3-1-2-4-15(11)23-18/h1-6,8-10,18H,7H2. The van der Waals surface area contributed by atoms with Crippen LogP contribution in [-0.2, 0) is 6.42 Å². The van der Waals surface area contributed by atoms with Crippen molar-refractivity contribution in [2.75, 3.05) is 0 Å². The normalized spacial score (nSPS) is 16.0. The summed E-state index contributed by atoms with van der Waals surface area (Å²) in [5.41, 5.74) is 4.88. The van der Waals surface area contributed by atoms with E-state index in [0.717, 1.165) is 29.1 Å². The zero-order chi connectivity index (χ0) is 15.8. The molecule has 0 spiro atoms. The van der Waals surface area contributed by atoms with Crippen LogP contribution in [0.25, 0.3) is 11.3 Å². The highest BCUT2D eigenvalue weighted by Crippen LogP contribution is 2.34. The summed E-state index contributed by atoms with van der Waals surface area (Å²) in [6, 6.07) is 15.6. The predicted molar refractivity (Wildman–Crippen MR) is 92.2 cm³/mol. The maximum absolute atomic E-state index is 6.08. The molecule has 3 aromatic rings. The van der Waals surface area contributed by atoms with Gasteiger partial charge in [-0.25, -0.2) is 9.97 Å². The number of rotatable bonds is 2. The number of fused-ring (bicyclic) bond motifs is 1. The highest BCUT2D eigenvalue weighted by molar-refractivity contribution is 6.35. The second kappa shape index (κ2) is 5.84. The minimum absolute atomic E-state index is 0.0313. The average molecular weight is 341 g/mol. The van der Waals surface area contributed by atoms with E-state index >= 15 is 0 Å². The molecule has 0 fully saturated rings. The number of halogens is 2. The number of para-hydroxylation sites is 1. The fourth-order valence-electron chi connectivity index (χ4n) is 2.82. The zero-order valence-electron chi connectivity index (χ0n) is 12.1. The van der Waals surface area contributed by atoms with Gasteiger partial charge in [-0.1, -0.05) is 41.4 Å². The summed E-state index contributed by atoms with van der Waals surface area (Å²) < 4.78 is 0. The maximum Gasteiger partial charge on any atom is 0.116 e. The largest absolute Gasteiger partial charge is 0.275 e. The molecule has 4 rings (SSSR count). The Morgan fingerprint density at radius 2 is 1.70 bits per heavy atom. The third-order valence-corrected chi connectivity index (χ3v) is 4.32. The van der Waals surface area contributed by atoms with Crippen LogP contribution in [0.3, 0.4) is 0 Å². The van der Waals surface area contributed by atoms with Crippen molar-refractivity contribution in [3.05, 3.63) is 76.2 Å². The van der Waals surface area contributed by atoms with Gasteiger partial charge in [-0.05, 0) is 35.9 Å². The first-order valence-corrected chi connectivity index (χ1v) is 8.02. The molecule has 1 unspecified atom stereocenters. The Balaban J connectivity index is 1.68. The molecule has 23 heavy (non-hydrogen) atoms. The molecule has 5 heteroatoms. The number of hydrogen-bond acceptors (Lipinski definition) is 2. The zero-order valence-corrected chi connectivity index (χ0v) is 13.6. The molecule has 0 N–H and O–H groups in total. The Hall–Kier alpha value is -2.10. The van der Waals surface area contributed by atoms with Gasteiger partial charge in [0.25, 0.3) is 0 Å². The number of benzene rings is 2. The van der Waals surface area contributed by atoms with Crippen LogP contribution in [0.1, 0.15) is 17.3 Å². The van der Waals surface area contributed by atoms with Gasteiger partial charge in [-0.3, -0.25) is 5.32 Å². The quantitative estimate of drug-likeness (QED) is 0.659. The van der Waals surface area contributed by atoms with Crippen molar-refractivity contribution >= 4 is 28.9 Å². The van der Waals surface area contributed by atoms with E-state index in [1.807, 2.05) is 36.4 Å². The third kappa shape index (κ3) is 2.90. The van der Waals surface area contributed by atoms with E-state index in [-0.39, 0.29) is 6.04 Å². The van der Waals surface area contributed by atoms with E-state index < -0.39 is 0 Å². The second-order valence-electron chi connectivity index (χ2n) is 5.46. The van der Waals surface area contributed by atoms with E-state index in [2.05, 4.69) is 16.0 Å². The van der Waals surface area contributed by atoms with Gasteiger partial charge in [0.05, 0.1) is 23.1 Å². The lowest BCUT2D eigenvalue weighted by Gasteiger charge is -2.10. The minimum atomic E-state index is 0.0313. The lowest BCUT2D eigenvalue weighted by atomic mass is 10.1. The van der Waals surface area contributed by atoms with Crippen LogP contribution in [-0.4, -0.2) is 9.97 Å². The van der Waals surface area contributed by atoms with Gasteiger partial charge in [0, 0.05) is 22.0 Å². The summed E-state index contributed by atoms with van der Waals surface area (Å²) in [6.45, 7) is 0. The molecule has 0 bridgehead atoms. The van der Waals surface area contributed by atoms with Crippen molar-refractivity contribution < 1.29 is 0 Å². The van der Waals surface area contributed by atoms with Crippen LogP contribution < -0.4 is 5.32 Å². The molecular weight excluding hydrogens is 329 g/mol. The first kappa shape index (κ1) is 14.5. The molecule has 1 aliphatic heterocycles. The lowest BCUT2D eigenvalue weighted by Crippen LogP contribution is -2.07. The van der Waals surface area contributed by atoms with Crippen molar-refractivity contribution in [2.45, 2.75) is 12.5 Å². The van der Waals surface area contributed by atoms with E-state index in [1.165, 1.54) is 5.56 Å². The van der Waals surface area contributed by atoms with Gasteiger partial charge in [-0.2, -0.15) is 0 Å². The van der Waals surface area contributed by atoms with Crippen molar-refractivity contribution in [3.8, 4) is 11.3 Å². The van der Waals surface area contributed by atoms with Crippen LogP contribution in [0.2, 0.25) is 10.0 Å². The molecule has 0 aliphatic carbocycles. The Morgan fingerprint density at radius 1 is 0.913 bits per heavy atom. The van der Waals surface area contributed by atoms with Crippen molar-refractivity contribution in [3.63, 3.8) is 0 Å². The Kier molecular flexibility index (Phi) is 3.68. The van der Waals surface area contributed by atoms with Crippen molar-refractivity contribution in [1.29, 1.82) is 0 Å². The summed E-state index contributed by atoms with van der Waals surface area (Å²) in [6.07, 6.45) is 2.43. The summed E-state index contributed by atoms with van der Waals surface area (Å²) >= 11 is 12.2. The number of nitrogens with zero attached hydrogens (tertiary/aromatic N) is 3. The summed E-state index contributed by atoms with van der Waals surface area (Å²) in [5, 5.41) is 5.93. The molecule has 1 aliphatic rings. The summed E-state index contributed by atoms with van der Waals surface area (Å²) in [7, 11) is 0. The SMILES string of the molecule is Clc1cc(Cl)cc(-c2cc(C3Cc4ccccc4[N]3)ncn2)c1. The van der Waals surface area contributed by atoms with E-state index in [9.17, 15) is 0 Å². The van der Waals surface area contributed by atoms with E-state index in [0.29, 0.717) is 10.0 Å². The Bertz CT molecular complexity index is 834. The fraction of sp³-hybridized carbons (Fsp3) is 0.111. The van der Waals surface area contributed by atoms with Crippen molar-refractivity contribution in [2.24, 2.45) is 0 Å². The average Bonchev–Trinajstić information content (AvgIpc) is 2.98. The molecule has 0 saturated carbocycles. The molecule has 2 heterocycles. The predicted octanol–water partition coefficient (Wildman–Crippen LogP) is 4.98. The highest BCUT2D eigenvalue weighted by Gasteiger charge is 2.25. The monoisotopic (exact) mass is 340 g/mol. The first-order chi connectivity index (χ1) is 11.2. The molecule has 2 aromatic carbocycles. The van der Waals surface area contributed by atoms with Gasteiger partial charge in [0.15, 0.2) is 0 Å². The van der Waals surface area contributed by atoms with E-state index in [1.54, 1.807) is 12.4 Å². The smallest absolute Gasteiger partial charge is 0.116 e. The van der Waals surface area contributed by atoms with Crippen LogP contribution in [0, 0.1) is 0 Å². The molecule has 3 nitrogen and oxygen atoms in total. The number of hydrogen-bond donors (Lipinski definition) is 0. The fourth-order valence-corrected chi connectivity index (χ4v) is 3.34. The van der Waals surface area contributed by atoms with Crippen LogP contribution in [0.5, 0.6) is 0 Å². The Labute approximate surface area is 144 Å². The summed E-state index contributed by atoms with van der Waals surface area (Å²) in [4.78, 5) is 8.75.